The van der Waals surface area contributed by atoms with Crippen molar-refractivity contribution in [1.29, 1.82) is 0 Å². The number of rotatable bonds is 5. The van der Waals surface area contributed by atoms with E-state index in [1.165, 1.54) is 11.1 Å². The third kappa shape index (κ3) is 3.37. The van der Waals surface area contributed by atoms with Crippen LogP contribution in [0.5, 0.6) is 5.75 Å². The van der Waals surface area contributed by atoms with Crippen LogP contribution in [0.4, 0.5) is 0 Å². The van der Waals surface area contributed by atoms with Crippen LogP contribution in [0.25, 0.3) is 0 Å². The van der Waals surface area contributed by atoms with Gasteiger partial charge in [-0.25, -0.2) is 0 Å². The van der Waals surface area contributed by atoms with E-state index in [0.29, 0.717) is 12.5 Å². The first-order chi connectivity index (χ1) is 9.11. The number of benzene rings is 1. The van der Waals surface area contributed by atoms with Gasteiger partial charge in [-0.15, -0.1) is 0 Å². The second kappa shape index (κ2) is 6.22. The maximum Gasteiger partial charge on any atom is 0.137 e. The molecule has 0 saturated heterocycles. The number of hydrogen-bond acceptors (Lipinski definition) is 3. The number of ether oxygens (including phenoxy) is 1. The molecule has 0 aliphatic carbocycles. The summed E-state index contributed by atoms with van der Waals surface area (Å²) in [4.78, 5) is 0. The smallest absolute Gasteiger partial charge is 0.137 e. The Labute approximate surface area is 119 Å². The summed E-state index contributed by atoms with van der Waals surface area (Å²) in [5, 5.41) is 4.16. The van der Waals surface area contributed by atoms with Crippen molar-refractivity contribution in [1.82, 2.24) is 0 Å². The van der Waals surface area contributed by atoms with Crippen molar-refractivity contribution in [2.45, 2.75) is 32.8 Å². The van der Waals surface area contributed by atoms with Crippen molar-refractivity contribution < 1.29 is 4.74 Å². The molecule has 1 aromatic heterocycles. The van der Waals surface area contributed by atoms with Gasteiger partial charge in [0.2, 0.25) is 0 Å². The van der Waals surface area contributed by atoms with E-state index >= 15 is 0 Å². The Kier molecular flexibility index (Phi) is 4.61. The molecule has 0 radical (unpaired) electrons. The van der Waals surface area contributed by atoms with Crippen molar-refractivity contribution in [3.8, 4) is 5.75 Å². The van der Waals surface area contributed by atoms with Crippen LogP contribution in [-0.4, -0.2) is 6.54 Å². The lowest BCUT2D eigenvalue weighted by Gasteiger charge is -2.21. The van der Waals surface area contributed by atoms with Gasteiger partial charge in [0.05, 0.1) is 0 Å². The van der Waals surface area contributed by atoms with Crippen molar-refractivity contribution in [2.24, 2.45) is 5.73 Å². The van der Waals surface area contributed by atoms with Crippen molar-refractivity contribution >= 4 is 11.3 Å². The summed E-state index contributed by atoms with van der Waals surface area (Å²) in [6, 6.07) is 8.46. The number of aryl methyl sites for hydroxylation is 1. The van der Waals surface area contributed by atoms with E-state index in [1.807, 2.05) is 0 Å². The quantitative estimate of drug-likeness (QED) is 0.885. The molecule has 2 aromatic rings. The van der Waals surface area contributed by atoms with Crippen LogP contribution < -0.4 is 10.5 Å². The fourth-order valence-electron chi connectivity index (χ4n) is 2.08. The van der Waals surface area contributed by atoms with Crippen LogP contribution >= 0.6 is 11.3 Å². The average Bonchev–Trinajstić information content (AvgIpc) is 2.89. The molecule has 2 N–H and O–H groups in total. The number of thiophene rings is 1. The molecule has 0 amide bonds. The normalized spacial score (nSPS) is 12.7. The summed E-state index contributed by atoms with van der Waals surface area (Å²) in [5.74, 6) is 1.40. The van der Waals surface area contributed by atoms with E-state index in [1.54, 1.807) is 11.3 Å². The monoisotopic (exact) mass is 275 g/mol. The van der Waals surface area contributed by atoms with E-state index in [4.69, 9.17) is 10.5 Å². The molecule has 2 rings (SSSR count). The molecule has 1 atom stereocenters. The molecule has 1 heterocycles. The van der Waals surface area contributed by atoms with Crippen LogP contribution in [0.2, 0.25) is 0 Å². The highest BCUT2D eigenvalue weighted by Crippen LogP contribution is 2.31. The number of nitrogens with two attached hydrogens (primary N) is 1. The lowest BCUT2D eigenvalue weighted by Crippen LogP contribution is -2.18. The first kappa shape index (κ1) is 14.1. The maximum absolute atomic E-state index is 6.16. The van der Waals surface area contributed by atoms with Gasteiger partial charge in [0, 0.05) is 12.1 Å². The molecule has 0 aliphatic heterocycles. The summed E-state index contributed by atoms with van der Waals surface area (Å²) in [7, 11) is 0. The van der Waals surface area contributed by atoms with Gasteiger partial charge >= 0.3 is 0 Å². The molecule has 102 valence electrons. The third-order valence-corrected chi connectivity index (χ3v) is 3.89. The van der Waals surface area contributed by atoms with Gasteiger partial charge in [-0.2, -0.15) is 11.3 Å². The summed E-state index contributed by atoms with van der Waals surface area (Å²) < 4.78 is 6.16. The maximum atomic E-state index is 6.16. The van der Waals surface area contributed by atoms with Crippen molar-refractivity contribution in [2.75, 3.05) is 6.54 Å². The molecule has 0 aliphatic rings. The Morgan fingerprint density at radius 2 is 2.05 bits per heavy atom. The predicted molar refractivity (Wildman–Crippen MR) is 82.0 cm³/mol. The molecule has 0 spiro atoms. The zero-order valence-corrected chi connectivity index (χ0v) is 12.5. The third-order valence-electron chi connectivity index (χ3n) is 3.19. The Hall–Kier alpha value is -1.32. The zero-order valence-electron chi connectivity index (χ0n) is 11.7. The van der Waals surface area contributed by atoms with E-state index < -0.39 is 0 Å². The molecule has 1 unspecified atom stereocenters. The summed E-state index contributed by atoms with van der Waals surface area (Å²) >= 11 is 1.67. The van der Waals surface area contributed by atoms with E-state index in [0.717, 1.165) is 11.3 Å². The standard InChI is InChI=1S/C16H21NOS/c1-11(2)14-5-4-12(3)8-15(14)18-16(9-17)13-6-7-19-10-13/h4-8,10-11,16H,9,17H2,1-3H3. The van der Waals surface area contributed by atoms with Gasteiger partial charge in [-0.3, -0.25) is 0 Å². The van der Waals surface area contributed by atoms with Crippen molar-refractivity contribution in [3.05, 3.63) is 51.7 Å². The minimum absolute atomic E-state index is 0.0643. The molecule has 0 bridgehead atoms. The first-order valence-corrected chi connectivity index (χ1v) is 7.55. The minimum Gasteiger partial charge on any atom is -0.484 e. The second-order valence-electron chi connectivity index (χ2n) is 5.09. The summed E-state index contributed by atoms with van der Waals surface area (Å²) in [6.45, 7) is 6.93. The van der Waals surface area contributed by atoms with Crippen molar-refractivity contribution in [3.63, 3.8) is 0 Å². The molecule has 1 aromatic carbocycles. The van der Waals surface area contributed by atoms with Crippen LogP contribution in [0.3, 0.4) is 0 Å². The Balaban J connectivity index is 2.28. The SMILES string of the molecule is Cc1ccc(C(C)C)c(OC(CN)c2ccsc2)c1. The van der Waals surface area contributed by atoms with E-state index in [2.05, 4.69) is 55.8 Å². The second-order valence-corrected chi connectivity index (χ2v) is 5.87. The molecule has 3 heteroatoms. The van der Waals surface area contributed by atoms with Gasteiger partial charge in [-0.05, 0) is 46.9 Å². The van der Waals surface area contributed by atoms with Gasteiger partial charge in [0.25, 0.3) is 0 Å². The molecule has 2 nitrogen and oxygen atoms in total. The van der Waals surface area contributed by atoms with Gasteiger partial charge in [0.1, 0.15) is 11.9 Å². The first-order valence-electron chi connectivity index (χ1n) is 6.61. The predicted octanol–water partition coefficient (Wildman–Crippen LogP) is 4.26. The largest absolute Gasteiger partial charge is 0.484 e. The number of hydrogen-bond donors (Lipinski definition) is 1. The Morgan fingerprint density at radius 3 is 2.63 bits per heavy atom. The summed E-state index contributed by atoms with van der Waals surface area (Å²) in [5.41, 5.74) is 9.46. The van der Waals surface area contributed by atoms with Crippen LogP contribution in [0.1, 0.15) is 42.6 Å². The highest BCUT2D eigenvalue weighted by atomic mass is 32.1. The highest BCUT2D eigenvalue weighted by Gasteiger charge is 2.15. The fourth-order valence-corrected chi connectivity index (χ4v) is 2.79. The molecule has 0 fully saturated rings. The lowest BCUT2D eigenvalue weighted by molar-refractivity contribution is 0.212. The topological polar surface area (TPSA) is 35.2 Å². The highest BCUT2D eigenvalue weighted by molar-refractivity contribution is 7.07. The molecular weight excluding hydrogens is 254 g/mol. The Morgan fingerprint density at radius 1 is 1.26 bits per heavy atom. The molecule has 0 saturated carbocycles. The van der Waals surface area contributed by atoms with Gasteiger partial charge in [-0.1, -0.05) is 26.0 Å². The van der Waals surface area contributed by atoms with Crippen LogP contribution in [-0.2, 0) is 0 Å². The fraction of sp³-hybridized carbons (Fsp3) is 0.375. The average molecular weight is 275 g/mol. The Bertz CT molecular complexity index is 520. The van der Waals surface area contributed by atoms with Crippen LogP contribution in [0.15, 0.2) is 35.0 Å². The van der Waals surface area contributed by atoms with E-state index in [-0.39, 0.29) is 6.10 Å². The zero-order chi connectivity index (χ0) is 13.8. The van der Waals surface area contributed by atoms with Gasteiger partial charge in [0.15, 0.2) is 0 Å². The van der Waals surface area contributed by atoms with Crippen LogP contribution in [0, 0.1) is 6.92 Å². The summed E-state index contributed by atoms with van der Waals surface area (Å²) in [6.07, 6.45) is -0.0643. The minimum atomic E-state index is -0.0643. The molecule has 19 heavy (non-hydrogen) atoms. The molecular formula is C16H21NOS. The van der Waals surface area contributed by atoms with Gasteiger partial charge < -0.3 is 10.5 Å². The lowest BCUT2D eigenvalue weighted by atomic mass is 10.0. The van der Waals surface area contributed by atoms with E-state index in [9.17, 15) is 0 Å².